The number of hydrogen-bond acceptors (Lipinski definition) is 3. The Hall–Kier alpha value is -1.55. The van der Waals surface area contributed by atoms with Crippen LogP contribution in [-0.2, 0) is 10.2 Å². The van der Waals surface area contributed by atoms with Crippen molar-refractivity contribution < 1.29 is 14.6 Å². The van der Waals surface area contributed by atoms with E-state index in [0.29, 0.717) is 19.4 Å². The van der Waals surface area contributed by atoms with Gasteiger partial charge in [-0.15, -0.1) is 0 Å². The van der Waals surface area contributed by atoms with E-state index >= 15 is 0 Å². The van der Waals surface area contributed by atoms with Crippen LogP contribution in [0.2, 0.25) is 0 Å². The lowest BCUT2D eigenvalue weighted by molar-refractivity contribution is -0.146. The third-order valence-corrected chi connectivity index (χ3v) is 3.95. The number of aliphatic carboxylic acids is 1. The first-order valence-electron chi connectivity index (χ1n) is 6.53. The first-order valence-corrected chi connectivity index (χ1v) is 6.53. The van der Waals surface area contributed by atoms with Crippen LogP contribution >= 0.6 is 0 Å². The highest BCUT2D eigenvalue weighted by Crippen LogP contribution is 2.39. The number of methoxy groups -OCH3 is 1. The van der Waals surface area contributed by atoms with Gasteiger partial charge in [-0.1, -0.05) is 12.1 Å². The standard InChI is InChI=1S/C15H21NO3/c1-14(2)10-15(13(17)18,8-9-16-14)11-4-6-12(19-3)7-5-11/h4-7,16H,8-10H2,1-3H3,(H,17,18). The van der Waals surface area contributed by atoms with Crippen molar-refractivity contribution >= 4 is 5.97 Å². The Morgan fingerprint density at radius 3 is 2.42 bits per heavy atom. The Morgan fingerprint density at radius 2 is 1.95 bits per heavy atom. The van der Waals surface area contributed by atoms with Crippen molar-refractivity contribution in [1.29, 1.82) is 0 Å². The van der Waals surface area contributed by atoms with Crippen LogP contribution in [-0.4, -0.2) is 30.3 Å². The minimum atomic E-state index is -0.805. The van der Waals surface area contributed by atoms with Gasteiger partial charge >= 0.3 is 5.97 Å². The maximum Gasteiger partial charge on any atom is 0.314 e. The van der Waals surface area contributed by atoms with Crippen molar-refractivity contribution in [2.45, 2.75) is 37.6 Å². The van der Waals surface area contributed by atoms with Crippen molar-refractivity contribution in [1.82, 2.24) is 5.32 Å². The smallest absolute Gasteiger partial charge is 0.314 e. The number of benzene rings is 1. The molecular weight excluding hydrogens is 242 g/mol. The van der Waals surface area contributed by atoms with Crippen molar-refractivity contribution in [3.8, 4) is 5.75 Å². The topological polar surface area (TPSA) is 58.6 Å². The number of ether oxygens (including phenoxy) is 1. The highest BCUT2D eigenvalue weighted by Gasteiger charge is 2.46. The Morgan fingerprint density at radius 1 is 1.32 bits per heavy atom. The molecule has 1 aromatic rings. The molecule has 4 nitrogen and oxygen atoms in total. The van der Waals surface area contributed by atoms with Gasteiger partial charge in [0.2, 0.25) is 0 Å². The molecule has 1 atom stereocenters. The average Bonchev–Trinajstić information content (AvgIpc) is 2.37. The Labute approximate surface area is 113 Å². The molecule has 0 saturated carbocycles. The van der Waals surface area contributed by atoms with Gasteiger partial charge in [-0.2, -0.15) is 0 Å². The molecule has 104 valence electrons. The number of rotatable bonds is 3. The summed E-state index contributed by atoms with van der Waals surface area (Å²) in [6, 6.07) is 7.40. The minimum Gasteiger partial charge on any atom is -0.497 e. The van der Waals surface area contributed by atoms with E-state index in [4.69, 9.17) is 4.74 Å². The molecule has 1 aromatic carbocycles. The number of carbonyl (C=O) groups is 1. The SMILES string of the molecule is COc1ccc(C2(C(=O)O)CCNC(C)(C)C2)cc1. The van der Waals surface area contributed by atoms with Crippen LogP contribution in [0, 0.1) is 0 Å². The summed E-state index contributed by atoms with van der Waals surface area (Å²) >= 11 is 0. The molecule has 0 spiro atoms. The van der Waals surface area contributed by atoms with Crippen LogP contribution < -0.4 is 10.1 Å². The summed E-state index contributed by atoms with van der Waals surface area (Å²) < 4.78 is 5.13. The van der Waals surface area contributed by atoms with Gasteiger partial charge in [0.1, 0.15) is 5.75 Å². The normalized spacial score (nSPS) is 25.8. The molecule has 2 rings (SSSR count). The summed E-state index contributed by atoms with van der Waals surface area (Å²) in [7, 11) is 1.61. The molecule has 1 fully saturated rings. The van der Waals surface area contributed by atoms with E-state index in [-0.39, 0.29) is 5.54 Å². The average molecular weight is 263 g/mol. The first kappa shape index (κ1) is 13.9. The Bertz CT molecular complexity index is 467. The van der Waals surface area contributed by atoms with E-state index in [2.05, 4.69) is 5.32 Å². The van der Waals surface area contributed by atoms with Gasteiger partial charge in [-0.3, -0.25) is 4.79 Å². The first-order chi connectivity index (χ1) is 8.89. The largest absolute Gasteiger partial charge is 0.497 e. The van der Waals surface area contributed by atoms with Crippen molar-refractivity contribution in [3.63, 3.8) is 0 Å². The van der Waals surface area contributed by atoms with Crippen LogP contribution in [0.25, 0.3) is 0 Å². The molecule has 0 radical (unpaired) electrons. The number of carboxylic acids is 1. The van der Waals surface area contributed by atoms with Gasteiger partial charge in [0, 0.05) is 5.54 Å². The van der Waals surface area contributed by atoms with E-state index in [1.54, 1.807) is 7.11 Å². The maximum atomic E-state index is 11.9. The molecule has 19 heavy (non-hydrogen) atoms. The molecule has 4 heteroatoms. The highest BCUT2D eigenvalue weighted by molar-refractivity contribution is 5.82. The van der Waals surface area contributed by atoms with E-state index < -0.39 is 11.4 Å². The molecule has 2 N–H and O–H groups in total. The summed E-state index contributed by atoms with van der Waals surface area (Å²) in [6.07, 6.45) is 1.19. The number of nitrogens with one attached hydrogen (secondary N) is 1. The lowest BCUT2D eigenvalue weighted by Crippen LogP contribution is -2.55. The Kier molecular flexibility index (Phi) is 3.54. The second-order valence-corrected chi connectivity index (χ2v) is 5.85. The van der Waals surface area contributed by atoms with Gasteiger partial charge in [-0.25, -0.2) is 0 Å². The van der Waals surface area contributed by atoms with Crippen LogP contribution in [0.4, 0.5) is 0 Å². The molecule has 0 bridgehead atoms. The fourth-order valence-electron chi connectivity index (χ4n) is 2.98. The molecule has 0 aliphatic carbocycles. The lowest BCUT2D eigenvalue weighted by Gasteiger charge is -2.43. The van der Waals surface area contributed by atoms with E-state index in [1.807, 2.05) is 38.1 Å². The summed E-state index contributed by atoms with van der Waals surface area (Å²) in [5, 5.41) is 13.1. The maximum absolute atomic E-state index is 11.9. The summed E-state index contributed by atoms with van der Waals surface area (Å²) in [4.78, 5) is 11.9. The Balaban J connectivity index is 2.41. The van der Waals surface area contributed by atoms with Crippen LogP contribution in [0.1, 0.15) is 32.3 Å². The lowest BCUT2D eigenvalue weighted by atomic mass is 9.67. The third kappa shape index (κ3) is 2.59. The van der Waals surface area contributed by atoms with E-state index in [9.17, 15) is 9.90 Å². The second kappa shape index (κ2) is 4.85. The fourth-order valence-corrected chi connectivity index (χ4v) is 2.98. The molecule has 1 saturated heterocycles. The van der Waals surface area contributed by atoms with Crippen molar-refractivity contribution in [2.24, 2.45) is 0 Å². The fraction of sp³-hybridized carbons (Fsp3) is 0.533. The predicted octanol–water partition coefficient (Wildman–Crippen LogP) is 2.18. The monoisotopic (exact) mass is 263 g/mol. The zero-order chi connectivity index (χ0) is 14.1. The van der Waals surface area contributed by atoms with Gasteiger partial charge < -0.3 is 15.2 Å². The number of hydrogen-bond donors (Lipinski definition) is 2. The minimum absolute atomic E-state index is 0.170. The van der Waals surface area contributed by atoms with Gasteiger partial charge in [0.25, 0.3) is 0 Å². The number of carboxylic acid groups (broad SMARTS) is 1. The predicted molar refractivity (Wildman–Crippen MR) is 73.6 cm³/mol. The van der Waals surface area contributed by atoms with Crippen LogP contribution in [0.5, 0.6) is 5.75 Å². The molecule has 1 aliphatic heterocycles. The quantitative estimate of drug-likeness (QED) is 0.877. The molecular formula is C15H21NO3. The zero-order valence-corrected chi connectivity index (χ0v) is 11.7. The van der Waals surface area contributed by atoms with Gasteiger partial charge in [0.05, 0.1) is 12.5 Å². The number of piperidine rings is 1. The second-order valence-electron chi connectivity index (χ2n) is 5.85. The highest BCUT2D eigenvalue weighted by atomic mass is 16.5. The molecule has 1 heterocycles. The third-order valence-electron chi connectivity index (χ3n) is 3.95. The van der Waals surface area contributed by atoms with Crippen molar-refractivity contribution in [2.75, 3.05) is 13.7 Å². The zero-order valence-electron chi connectivity index (χ0n) is 11.7. The molecule has 0 aromatic heterocycles. The molecule has 1 aliphatic rings. The van der Waals surface area contributed by atoms with E-state index in [1.165, 1.54) is 0 Å². The molecule has 0 amide bonds. The van der Waals surface area contributed by atoms with E-state index in [0.717, 1.165) is 11.3 Å². The van der Waals surface area contributed by atoms with Crippen LogP contribution in [0.3, 0.4) is 0 Å². The molecule has 1 unspecified atom stereocenters. The summed E-state index contributed by atoms with van der Waals surface area (Å²) in [5.74, 6) is 0.00438. The van der Waals surface area contributed by atoms with Crippen molar-refractivity contribution in [3.05, 3.63) is 29.8 Å². The van der Waals surface area contributed by atoms with Crippen LogP contribution in [0.15, 0.2) is 24.3 Å². The van der Waals surface area contributed by atoms with Gasteiger partial charge in [-0.05, 0) is 50.9 Å². The van der Waals surface area contributed by atoms with Gasteiger partial charge in [0.15, 0.2) is 0 Å². The summed E-state index contributed by atoms with van der Waals surface area (Å²) in [5.41, 5.74) is -0.118. The summed E-state index contributed by atoms with van der Waals surface area (Å²) in [6.45, 7) is 4.81.